The van der Waals surface area contributed by atoms with E-state index in [1.807, 2.05) is 19.1 Å². The zero-order chi connectivity index (χ0) is 12.7. The van der Waals surface area contributed by atoms with Crippen molar-refractivity contribution in [3.63, 3.8) is 0 Å². The van der Waals surface area contributed by atoms with Crippen molar-refractivity contribution in [2.75, 3.05) is 6.61 Å². The SMILES string of the molecule is Cc1ccc(C(=O)OCCCCC(=O)Br)cc1. The summed E-state index contributed by atoms with van der Waals surface area (Å²) in [5.41, 5.74) is 1.67. The highest BCUT2D eigenvalue weighted by molar-refractivity contribution is 9.18. The van der Waals surface area contributed by atoms with Crippen LogP contribution in [0.25, 0.3) is 0 Å². The molecule has 0 aliphatic carbocycles. The zero-order valence-corrected chi connectivity index (χ0v) is 11.3. The Morgan fingerprint density at radius 2 is 1.82 bits per heavy atom. The molecular formula is C13H15BrO3. The molecule has 0 saturated heterocycles. The van der Waals surface area contributed by atoms with Crippen molar-refractivity contribution >= 4 is 26.6 Å². The number of hydrogen-bond acceptors (Lipinski definition) is 3. The standard InChI is InChI=1S/C13H15BrO3/c1-10-5-7-11(8-6-10)13(16)17-9-3-2-4-12(14)15/h5-8H,2-4,9H2,1H3. The van der Waals surface area contributed by atoms with Crippen LogP contribution in [-0.4, -0.2) is 17.3 Å². The molecule has 1 rings (SSSR count). The van der Waals surface area contributed by atoms with Crippen molar-refractivity contribution in [1.82, 2.24) is 0 Å². The topological polar surface area (TPSA) is 43.4 Å². The van der Waals surface area contributed by atoms with E-state index in [-0.39, 0.29) is 10.7 Å². The van der Waals surface area contributed by atoms with Crippen LogP contribution in [0.15, 0.2) is 24.3 Å². The predicted octanol–water partition coefficient (Wildman–Crippen LogP) is 3.24. The van der Waals surface area contributed by atoms with Gasteiger partial charge >= 0.3 is 5.97 Å². The van der Waals surface area contributed by atoms with Crippen molar-refractivity contribution < 1.29 is 14.3 Å². The Balaban J connectivity index is 2.25. The Labute approximate surface area is 109 Å². The highest BCUT2D eigenvalue weighted by atomic mass is 79.9. The van der Waals surface area contributed by atoms with Gasteiger partial charge in [-0.2, -0.15) is 0 Å². The van der Waals surface area contributed by atoms with E-state index in [1.54, 1.807) is 12.1 Å². The lowest BCUT2D eigenvalue weighted by Gasteiger charge is -2.04. The lowest BCUT2D eigenvalue weighted by atomic mass is 10.1. The van der Waals surface area contributed by atoms with Crippen LogP contribution >= 0.6 is 15.9 Å². The first-order valence-corrected chi connectivity index (χ1v) is 6.31. The third-order valence-electron chi connectivity index (χ3n) is 2.29. The summed E-state index contributed by atoms with van der Waals surface area (Å²) in [7, 11) is 0. The van der Waals surface area contributed by atoms with Gasteiger partial charge in [0, 0.05) is 6.42 Å². The van der Waals surface area contributed by atoms with Crippen molar-refractivity contribution in [1.29, 1.82) is 0 Å². The van der Waals surface area contributed by atoms with E-state index < -0.39 is 0 Å². The van der Waals surface area contributed by atoms with E-state index in [0.717, 1.165) is 12.0 Å². The molecule has 0 amide bonds. The average molecular weight is 299 g/mol. The molecule has 0 radical (unpaired) electrons. The van der Waals surface area contributed by atoms with Gasteiger partial charge in [-0.25, -0.2) is 4.79 Å². The predicted molar refractivity (Wildman–Crippen MR) is 69.2 cm³/mol. The molecule has 17 heavy (non-hydrogen) atoms. The van der Waals surface area contributed by atoms with Gasteiger partial charge in [-0.05, 0) is 47.8 Å². The van der Waals surface area contributed by atoms with Crippen molar-refractivity contribution in [2.45, 2.75) is 26.2 Å². The lowest BCUT2D eigenvalue weighted by Crippen LogP contribution is -2.06. The first kappa shape index (κ1) is 13.9. The number of benzene rings is 1. The summed E-state index contributed by atoms with van der Waals surface area (Å²) in [4.78, 5) is 22.2. The smallest absolute Gasteiger partial charge is 0.338 e. The second-order valence-corrected chi connectivity index (χ2v) is 4.70. The fourth-order valence-corrected chi connectivity index (χ4v) is 1.58. The van der Waals surface area contributed by atoms with E-state index >= 15 is 0 Å². The minimum atomic E-state index is -0.310. The van der Waals surface area contributed by atoms with Gasteiger partial charge in [0.2, 0.25) is 0 Å². The molecule has 0 aromatic heterocycles. The summed E-state index contributed by atoms with van der Waals surface area (Å²) in [5.74, 6) is -0.310. The summed E-state index contributed by atoms with van der Waals surface area (Å²) in [6.07, 6.45) is 1.91. The van der Waals surface area contributed by atoms with Crippen LogP contribution < -0.4 is 0 Å². The number of esters is 1. The highest BCUT2D eigenvalue weighted by Crippen LogP contribution is 2.06. The number of carbonyl (C=O) groups is 2. The third-order valence-corrected chi connectivity index (χ3v) is 2.68. The average Bonchev–Trinajstić information content (AvgIpc) is 2.29. The summed E-state index contributed by atoms with van der Waals surface area (Å²) in [6, 6.07) is 7.25. The summed E-state index contributed by atoms with van der Waals surface area (Å²) in [6.45, 7) is 2.32. The second-order valence-electron chi connectivity index (χ2n) is 3.81. The minimum Gasteiger partial charge on any atom is -0.462 e. The van der Waals surface area contributed by atoms with Gasteiger partial charge in [-0.1, -0.05) is 17.7 Å². The zero-order valence-electron chi connectivity index (χ0n) is 9.74. The first-order valence-electron chi connectivity index (χ1n) is 5.51. The van der Waals surface area contributed by atoms with E-state index in [1.165, 1.54) is 0 Å². The second kappa shape index (κ2) is 7.22. The molecule has 0 fully saturated rings. The molecule has 1 aromatic rings. The fourth-order valence-electron chi connectivity index (χ4n) is 1.30. The van der Waals surface area contributed by atoms with Gasteiger partial charge in [0.25, 0.3) is 0 Å². The normalized spacial score (nSPS) is 10.0. The van der Waals surface area contributed by atoms with E-state index in [2.05, 4.69) is 15.9 Å². The molecule has 0 saturated carbocycles. The number of halogens is 1. The van der Waals surface area contributed by atoms with Gasteiger partial charge in [-0.3, -0.25) is 4.79 Å². The first-order chi connectivity index (χ1) is 8.09. The molecule has 0 N–H and O–H groups in total. The molecule has 0 aliphatic rings. The molecule has 0 atom stereocenters. The monoisotopic (exact) mass is 298 g/mol. The summed E-state index contributed by atoms with van der Waals surface area (Å²) in [5, 5.41) is 0. The Morgan fingerprint density at radius 1 is 1.18 bits per heavy atom. The van der Waals surface area contributed by atoms with Crippen molar-refractivity contribution in [2.24, 2.45) is 0 Å². The molecule has 0 bridgehead atoms. The molecule has 0 unspecified atom stereocenters. The largest absolute Gasteiger partial charge is 0.462 e. The van der Waals surface area contributed by atoms with E-state index in [9.17, 15) is 9.59 Å². The summed E-state index contributed by atoms with van der Waals surface area (Å²) < 4.78 is 5.07. The van der Waals surface area contributed by atoms with Crippen LogP contribution in [0.5, 0.6) is 0 Å². The van der Waals surface area contributed by atoms with Crippen LogP contribution in [-0.2, 0) is 9.53 Å². The molecule has 0 aliphatic heterocycles. The minimum absolute atomic E-state index is 0.0117. The molecule has 3 nitrogen and oxygen atoms in total. The van der Waals surface area contributed by atoms with Crippen molar-refractivity contribution in [3.05, 3.63) is 35.4 Å². The summed E-state index contributed by atoms with van der Waals surface area (Å²) >= 11 is 2.85. The number of rotatable bonds is 6. The van der Waals surface area contributed by atoms with E-state index in [0.29, 0.717) is 25.0 Å². The van der Waals surface area contributed by atoms with Crippen molar-refractivity contribution in [3.8, 4) is 0 Å². The Hall–Kier alpha value is -1.16. The van der Waals surface area contributed by atoms with Gasteiger partial charge in [0.05, 0.1) is 12.2 Å². The third kappa shape index (κ3) is 5.63. The lowest BCUT2D eigenvalue weighted by molar-refractivity contribution is -0.110. The van der Waals surface area contributed by atoms with Crippen LogP contribution in [0.4, 0.5) is 0 Å². The molecule has 0 heterocycles. The quantitative estimate of drug-likeness (QED) is 0.460. The van der Waals surface area contributed by atoms with Crippen LogP contribution in [0.3, 0.4) is 0 Å². The number of aryl methyl sites for hydroxylation is 1. The van der Waals surface area contributed by atoms with Gasteiger partial charge < -0.3 is 4.74 Å². The molecule has 92 valence electrons. The van der Waals surface area contributed by atoms with E-state index in [4.69, 9.17) is 4.74 Å². The number of carbonyl (C=O) groups excluding carboxylic acids is 2. The molecule has 1 aromatic carbocycles. The van der Waals surface area contributed by atoms with Gasteiger partial charge in [0.1, 0.15) is 0 Å². The number of ether oxygens (including phenoxy) is 1. The molecule has 0 spiro atoms. The maximum absolute atomic E-state index is 11.6. The maximum Gasteiger partial charge on any atom is 0.338 e. The number of unbranched alkanes of at least 4 members (excludes halogenated alkanes) is 1. The van der Waals surface area contributed by atoms with Crippen LogP contribution in [0.1, 0.15) is 35.2 Å². The number of hydrogen-bond donors (Lipinski definition) is 0. The van der Waals surface area contributed by atoms with Gasteiger partial charge in [-0.15, -0.1) is 0 Å². The van der Waals surface area contributed by atoms with Crippen LogP contribution in [0.2, 0.25) is 0 Å². The van der Waals surface area contributed by atoms with Crippen LogP contribution in [0, 0.1) is 6.92 Å². The maximum atomic E-state index is 11.6. The Morgan fingerprint density at radius 3 is 2.41 bits per heavy atom. The fraction of sp³-hybridized carbons (Fsp3) is 0.385. The molecule has 4 heteroatoms. The highest BCUT2D eigenvalue weighted by Gasteiger charge is 2.05. The Bertz CT molecular complexity index is 384. The van der Waals surface area contributed by atoms with Gasteiger partial charge in [0.15, 0.2) is 4.69 Å². The Kier molecular flexibility index (Phi) is 5.91. The molecular weight excluding hydrogens is 284 g/mol.